The molecule has 1 saturated heterocycles. The summed E-state index contributed by atoms with van der Waals surface area (Å²) in [5, 5.41) is 60.2. The van der Waals surface area contributed by atoms with Crippen LogP contribution in [0.25, 0.3) is 0 Å². The Hall–Kier alpha value is -2.38. The fourth-order valence-electron chi connectivity index (χ4n) is 2.21. The average molecular weight is 346 g/mol. The van der Waals surface area contributed by atoms with Gasteiger partial charge in [0.15, 0.2) is 18.1 Å². The lowest BCUT2D eigenvalue weighted by Crippen LogP contribution is -2.60. The van der Waals surface area contributed by atoms with Crippen molar-refractivity contribution < 1.29 is 39.7 Å². The Labute approximate surface area is 133 Å². The molecule has 1 aromatic carbocycles. The number of non-ortho nitro benzene ring substituents is 1. The number of rotatable bonds is 5. The molecule has 0 amide bonds. The third-order valence-electron chi connectivity index (χ3n) is 3.46. The second kappa shape index (κ2) is 7.02. The van der Waals surface area contributed by atoms with Gasteiger partial charge in [0.25, 0.3) is 5.69 Å². The molecule has 12 heteroatoms. The molecule has 24 heavy (non-hydrogen) atoms. The van der Waals surface area contributed by atoms with Crippen LogP contribution < -0.4 is 4.74 Å². The number of aliphatic hydroxyl groups excluding tert-OH is 4. The quantitative estimate of drug-likeness (QED) is 0.368. The van der Waals surface area contributed by atoms with Crippen LogP contribution in [0.2, 0.25) is 0 Å². The van der Waals surface area contributed by atoms with E-state index in [1.807, 2.05) is 0 Å². The highest BCUT2D eigenvalue weighted by molar-refractivity contribution is 5.53. The highest BCUT2D eigenvalue weighted by atomic mass is 16.7. The normalized spacial score (nSPS) is 29.9. The van der Waals surface area contributed by atoms with Gasteiger partial charge in [-0.1, -0.05) is 0 Å². The van der Waals surface area contributed by atoms with Crippen molar-refractivity contribution in [3.63, 3.8) is 0 Å². The van der Waals surface area contributed by atoms with Gasteiger partial charge in [0.05, 0.1) is 22.5 Å². The standard InChI is InChI=1S/C12H14N2O10/c15-4-8-9(16)10(17)11(12(18)24-8)23-7-2-1-5(13(19)20)3-6(7)14(21)22/h1-3,8-12,15-18H,4H2/t8-,9+,10+,11-,12-/m1/s1. The molecule has 2 rings (SSSR count). The van der Waals surface area contributed by atoms with E-state index in [1.165, 1.54) is 0 Å². The summed E-state index contributed by atoms with van der Waals surface area (Å²) in [4.78, 5) is 19.9. The lowest BCUT2D eigenvalue weighted by atomic mass is 9.99. The first-order valence-electron chi connectivity index (χ1n) is 6.66. The van der Waals surface area contributed by atoms with E-state index < -0.39 is 64.3 Å². The van der Waals surface area contributed by atoms with Crippen molar-refractivity contribution in [3.05, 3.63) is 38.4 Å². The summed E-state index contributed by atoms with van der Waals surface area (Å²) in [6, 6.07) is 2.53. The van der Waals surface area contributed by atoms with Crippen molar-refractivity contribution in [2.75, 3.05) is 6.61 Å². The van der Waals surface area contributed by atoms with Crippen LogP contribution in [-0.4, -0.2) is 67.6 Å². The Bertz CT molecular complexity index is 638. The molecule has 0 bridgehead atoms. The van der Waals surface area contributed by atoms with Crippen LogP contribution in [0.3, 0.4) is 0 Å². The van der Waals surface area contributed by atoms with Crippen LogP contribution in [-0.2, 0) is 4.74 Å². The van der Waals surface area contributed by atoms with Crippen molar-refractivity contribution in [1.29, 1.82) is 0 Å². The predicted octanol–water partition coefficient (Wildman–Crippen LogP) is -1.32. The maximum Gasteiger partial charge on any atom is 0.317 e. The number of hydrogen-bond donors (Lipinski definition) is 4. The molecule has 1 aromatic rings. The lowest BCUT2D eigenvalue weighted by molar-refractivity contribution is -0.395. The summed E-state index contributed by atoms with van der Waals surface area (Å²) >= 11 is 0. The zero-order valence-corrected chi connectivity index (χ0v) is 12.0. The topological polar surface area (TPSA) is 186 Å². The number of nitrogens with zero attached hydrogens (tertiary/aromatic N) is 2. The molecule has 0 unspecified atom stereocenters. The van der Waals surface area contributed by atoms with Crippen LogP contribution in [0.5, 0.6) is 5.75 Å². The third kappa shape index (κ3) is 3.42. The minimum atomic E-state index is -1.80. The molecule has 1 aliphatic rings. The minimum absolute atomic E-state index is 0.466. The van der Waals surface area contributed by atoms with E-state index in [2.05, 4.69) is 0 Å². The van der Waals surface area contributed by atoms with Crippen molar-refractivity contribution in [2.45, 2.75) is 30.7 Å². The van der Waals surface area contributed by atoms with Crippen molar-refractivity contribution >= 4 is 11.4 Å². The van der Waals surface area contributed by atoms with Gasteiger partial charge in [-0.15, -0.1) is 0 Å². The number of ether oxygens (including phenoxy) is 2. The molecule has 5 atom stereocenters. The Balaban J connectivity index is 2.30. The summed E-state index contributed by atoms with van der Waals surface area (Å²) in [7, 11) is 0. The first-order valence-corrected chi connectivity index (χ1v) is 6.66. The number of nitro groups is 2. The summed E-state index contributed by atoms with van der Waals surface area (Å²) in [6.07, 6.45) is -8.00. The Kier molecular flexibility index (Phi) is 5.26. The van der Waals surface area contributed by atoms with E-state index in [-0.39, 0.29) is 0 Å². The molecule has 0 aromatic heterocycles. The molecule has 0 saturated carbocycles. The second-order valence-electron chi connectivity index (χ2n) is 4.98. The average Bonchev–Trinajstić information content (AvgIpc) is 2.54. The molecule has 1 aliphatic heterocycles. The molecule has 4 N–H and O–H groups in total. The van der Waals surface area contributed by atoms with Crippen LogP contribution in [0.15, 0.2) is 18.2 Å². The van der Waals surface area contributed by atoms with Gasteiger partial charge in [0.2, 0.25) is 0 Å². The Morgan fingerprint density at radius 2 is 1.79 bits per heavy atom. The summed E-state index contributed by atoms with van der Waals surface area (Å²) in [5.41, 5.74) is -1.31. The number of aliphatic hydroxyl groups is 4. The fraction of sp³-hybridized carbons (Fsp3) is 0.500. The lowest BCUT2D eigenvalue weighted by Gasteiger charge is -2.39. The second-order valence-corrected chi connectivity index (χ2v) is 4.98. The monoisotopic (exact) mass is 346 g/mol. The van der Waals surface area contributed by atoms with E-state index >= 15 is 0 Å². The van der Waals surface area contributed by atoms with E-state index in [0.29, 0.717) is 6.07 Å². The molecule has 0 spiro atoms. The van der Waals surface area contributed by atoms with Crippen molar-refractivity contribution in [1.82, 2.24) is 0 Å². The van der Waals surface area contributed by atoms with Gasteiger partial charge in [-0.3, -0.25) is 20.2 Å². The minimum Gasteiger partial charge on any atom is -0.475 e. The Morgan fingerprint density at radius 3 is 2.33 bits per heavy atom. The molecular formula is C12H14N2O10. The number of nitro benzene ring substituents is 2. The molecule has 132 valence electrons. The largest absolute Gasteiger partial charge is 0.475 e. The Morgan fingerprint density at radius 1 is 1.12 bits per heavy atom. The number of benzene rings is 1. The summed E-state index contributed by atoms with van der Waals surface area (Å²) < 4.78 is 10.00. The summed E-state index contributed by atoms with van der Waals surface area (Å²) in [6.45, 7) is -0.681. The van der Waals surface area contributed by atoms with Gasteiger partial charge in [0, 0.05) is 6.07 Å². The first-order chi connectivity index (χ1) is 11.3. The predicted molar refractivity (Wildman–Crippen MR) is 74.1 cm³/mol. The van der Waals surface area contributed by atoms with Crippen molar-refractivity contribution in [3.8, 4) is 5.75 Å². The zero-order chi connectivity index (χ0) is 18.0. The SMILES string of the molecule is O=[N+]([O-])c1ccc(O[C@@H]2[C@@H](O)[C@@H](O)[C@@H](CO)O[C@H]2O)c([N+](=O)[O-])c1. The molecule has 1 heterocycles. The van der Waals surface area contributed by atoms with Gasteiger partial charge in [0.1, 0.15) is 18.3 Å². The highest BCUT2D eigenvalue weighted by Crippen LogP contribution is 2.34. The van der Waals surface area contributed by atoms with Gasteiger partial charge >= 0.3 is 5.69 Å². The van der Waals surface area contributed by atoms with Crippen molar-refractivity contribution in [2.24, 2.45) is 0 Å². The van der Waals surface area contributed by atoms with Crippen LogP contribution in [0.1, 0.15) is 0 Å². The van der Waals surface area contributed by atoms with Crippen LogP contribution in [0, 0.1) is 20.2 Å². The first kappa shape index (κ1) is 18.0. The smallest absolute Gasteiger partial charge is 0.317 e. The zero-order valence-electron chi connectivity index (χ0n) is 12.0. The highest BCUT2D eigenvalue weighted by Gasteiger charge is 2.45. The van der Waals surface area contributed by atoms with Gasteiger partial charge < -0.3 is 29.9 Å². The van der Waals surface area contributed by atoms with Gasteiger partial charge in [-0.25, -0.2) is 0 Å². The van der Waals surface area contributed by atoms with Gasteiger partial charge in [-0.2, -0.15) is 0 Å². The molecule has 0 aliphatic carbocycles. The fourth-order valence-corrected chi connectivity index (χ4v) is 2.21. The molecule has 12 nitrogen and oxygen atoms in total. The molecular weight excluding hydrogens is 332 g/mol. The van der Waals surface area contributed by atoms with E-state index in [4.69, 9.17) is 14.6 Å². The summed E-state index contributed by atoms with van der Waals surface area (Å²) in [5.74, 6) is -0.466. The number of hydrogen-bond acceptors (Lipinski definition) is 10. The van der Waals surface area contributed by atoms with Crippen LogP contribution in [0.4, 0.5) is 11.4 Å². The van der Waals surface area contributed by atoms with E-state index in [0.717, 1.165) is 12.1 Å². The van der Waals surface area contributed by atoms with E-state index in [9.17, 15) is 35.5 Å². The van der Waals surface area contributed by atoms with E-state index in [1.54, 1.807) is 0 Å². The third-order valence-corrected chi connectivity index (χ3v) is 3.46. The van der Waals surface area contributed by atoms with Crippen LogP contribution >= 0.6 is 0 Å². The maximum absolute atomic E-state index is 11.0. The maximum atomic E-state index is 11.0. The van der Waals surface area contributed by atoms with Gasteiger partial charge in [-0.05, 0) is 6.07 Å². The molecule has 0 radical (unpaired) electrons. The molecule has 1 fully saturated rings.